The Hall–Kier alpha value is -3.19. The van der Waals surface area contributed by atoms with Crippen LogP contribution in [0.5, 0.6) is 0 Å². The highest BCUT2D eigenvalue weighted by molar-refractivity contribution is 7.92. The van der Waals surface area contributed by atoms with E-state index in [1.54, 1.807) is 13.0 Å². The molecule has 1 aliphatic rings. The van der Waals surface area contributed by atoms with Crippen LogP contribution in [0.1, 0.15) is 39.5 Å². The maximum Gasteiger partial charge on any atom is 0.262 e. The minimum absolute atomic E-state index is 0.103. The van der Waals surface area contributed by atoms with Crippen LogP contribution in [0.15, 0.2) is 71.6 Å². The van der Waals surface area contributed by atoms with Crippen LogP contribution < -0.4 is 10.0 Å². The Morgan fingerprint density at radius 2 is 1.77 bits per heavy atom. The summed E-state index contributed by atoms with van der Waals surface area (Å²) < 4.78 is 41.6. The largest absolute Gasteiger partial charge is 0.345 e. The summed E-state index contributed by atoms with van der Waals surface area (Å²) in [6.45, 7) is 1.75. The maximum absolute atomic E-state index is 13.9. The lowest BCUT2D eigenvalue weighted by Gasteiger charge is -2.16. The van der Waals surface area contributed by atoms with Crippen molar-refractivity contribution in [1.82, 2.24) is 5.32 Å². The lowest BCUT2D eigenvalue weighted by Crippen LogP contribution is -2.28. The predicted molar refractivity (Wildman–Crippen MR) is 113 cm³/mol. The van der Waals surface area contributed by atoms with E-state index in [4.69, 9.17) is 0 Å². The second-order valence-electron chi connectivity index (χ2n) is 7.33. The van der Waals surface area contributed by atoms with Crippen molar-refractivity contribution in [3.8, 4) is 0 Å². The maximum atomic E-state index is 13.9. The molecule has 0 fully saturated rings. The molecule has 3 aromatic carbocycles. The van der Waals surface area contributed by atoms with E-state index in [9.17, 15) is 17.6 Å². The third kappa shape index (κ3) is 3.93. The molecular formula is C23H21FN2O3S. The molecule has 0 saturated carbocycles. The zero-order valence-electron chi connectivity index (χ0n) is 16.4. The van der Waals surface area contributed by atoms with E-state index < -0.39 is 15.8 Å². The van der Waals surface area contributed by atoms with Gasteiger partial charge in [0.2, 0.25) is 0 Å². The third-order valence-electron chi connectivity index (χ3n) is 5.32. The number of rotatable bonds is 5. The zero-order chi connectivity index (χ0) is 21.3. The van der Waals surface area contributed by atoms with Crippen molar-refractivity contribution >= 4 is 21.6 Å². The van der Waals surface area contributed by atoms with E-state index >= 15 is 0 Å². The fourth-order valence-corrected chi connectivity index (χ4v) is 4.80. The molecular weight excluding hydrogens is 403 g/mol. The number of amides is 1. The molecule has 0 radical (unpaired) electrons. The molecule has 0 spiro atoms. The summed E-state index contributed by atoms with van der Waals surface area (Å²) in [6.07, 6.45) is 1.69. The van der Waals surface area contributed by atoms with Gasteiger partial charge in [0.1, 0.15) is 5.82 Å². The number of halogens is 1. The number of hydrogen-bond donors (Lipinski definition) is 2. The number of hydrogen-bond acceptors (Lipinski definition) is 3. The fourth-order valence-electron chi connectivity index (χ4n) is 3.70. The number of aryl methyl sites for hydroxylation is 2. The summed E-state index contributed by atoms with van der Waals surface area (Å²) in [5.41, 5.74) is 3.09. The van der Waals surface area contributed by atoms with Gasteiger partial charge < -0.3 is 5.32 Å². The monoisotopic (exact) mass is 424 g/mol. The molecule has 1 amide bonds. The van der Waals surface area contributed by atoms with Gasteiger partial charge in [0.15, 0.2) is 0 Å². The molecule has 1 atom stereocenters. The van der Waals surface area contributed by atoms with Gasteiger partial charge in [-0.15, -0.1) is 0 Å². The van der Waals surface area contributed by atoms with E-state index in [2.05, 4.69) is 10.0 Å². The van der Waals surface area contributed by atoms with Gasteiger partial charge in [-0.1, -0.05) is 42.5 Å². The smallest absolute Gasteiger partial charge is 0.262 e. The van der Waals surface area contributed by atoms with Crippen molar-refractivity contribution < 1.29 is 17.6 Å². The Labute approximate surface area is 175 Å². The fraction of sp³-hybridized carbons (Fsp3) is 0.174. The average Bonchev–Trinajstić information content (AvgIpc) is 3.12. The predicted octanol–water partition coefficient (Wildman–Crippen LogP) is 4.35. The summed E-state index contributed by atoms with van der Waals surface area (Å²) >= 11 is 0. The topological polar surface area (TPSA) is 75.3 Å². The minimum Gasteiger partial charge on any atom is -0.345 e. The van der Waals surface area contributed by atoms with Crippen molar-refractivity contribution in [3.05, 3.63) is 94.8 Å². The lowest BCUT2D eigenvalue weighted by molar-refractivity contribution is 0.0936. The number of sulfonamides is 1. The Morgan fingerprint density at radius 3 is 2.57 bits per heavy atom. The summed E-state index contributed by atoms with van der Waals surface area (Å²) in [4.78, 5) is 12.8. The van der Waals surface area contributed by atoms with Crippen LogP contribution in [0, 0.1) is 12.7 Å². The van der Waals surface area contributed by atoms with Gasteiger partial charge in [0, 0.05) is 5.56 Å². The van der Waals surface area contributed by atoms with Gasteiger partial charge in [-0.25, -0.2) is 12.8 Å². The van der Waals surface area contributed by atoms with E-state index in [1.807, 2.05) is 24.3 Å². The Kier molecular flexibility index (Phi) is 5.30. The number of anilines is 1. The van der Waals surface area contributed by atoms with Gasteiger partial charge in [-0.2, -0.15) is 0 Å². The van der Waals surface area contributed by atoms with Crippen LogP contribution in [0.2, 0.25) is 0 Å². The normalized spacial score (nSPS) is 15.5. The first-order chi connectivity index (χ1) is 14.3. The molecule has 4 rings (SSSR count). The highest BCUT2D eigenvalue weighted by Crippen LogP contribution is 2.31. The molecule has 1 aliphatic carbocycles. The number of carbonyl (C=O) groups is 1. The minimum atomic E-state index is -4.05. The molecule has 0 aliphatic heterocycles. The van der Waals surface area contributed by atoms with Crippen molar-refractivity contribution in [2.75, 3.05) is 4.72 Å². The van der Waals surface area contributed by atoms with E-state index in [-0.39, 0.29) is 28.1 Å². The summed E-state index contributed by atoms with van der Waals surface area (Å²) in [5, 5.41) is 3.02. The highest BCUT2D eigenvalue weighted by Gasteiger charge is 2.25. The molecule has 154 valence electrons. The van der Waals surface area contributed by atoms with Gasteiger partial charge in [-0.05, 0) is 60.7 Å². The Morgan fingerprint density at radius 1 is 1.03 bits per heavy atom. The van der Waals surface area contributed by atoms with E-state index in [0.717, 1.165) is 18.4 Å². The van der Waals surface area contributed by atoms with Gasteiger partial charge in [0.05, 0.1) is 16.6 Å². The number of para-hydroxylation sites is 1. The number of carbonyl (C=O) groups excluding carboxylic acids is 1. The number of nitrogens with one attached hydrogen (secondary N) is 2. The van der Waals surface area contributed by atoms with Crippen LogP contribution in [0.4, 0.5) is 10.1 Å². The Bertz CT molecular complexity index is 1220. The number of benzene rings is 3. The second kappa shape index (κ2) is 7.91. The third-order valence-corrected chi connectivity index (χ3v) is 6.68. The van der Waals surface area contributed by atoms with E-state index in [0.29, 0.717) is 5.56 Å². The molecule has 0 bridgehead atoms. The second-order valence-corrected chi connectivity index (χ2v) is 9.01. The summed E-state index contributed by atoms with van der Waals surface area (Å²) in [7, 11) is -4.05. The molecule has 7 heteroatoms. The molecule has 3 aromatic rings. The van der Waals surface area contributed by atoms with E-state index in [1.165, 1.54) is 42.0 Å². The lowest BCUT2D eigenvalue weighted by atomic mass is 10.1. The highest BCUT2D eigenvalue weighted by atomic mass is 32.2. The van der Waals surface area contributed by atoms with Gasteiger partial charge in [-0.3, -0.25) is 9.52 Å². The molecule has 30 heavy (non-hydrogen) atoms. The van der Waals surface area contributed by atoms with Crippen LogP contribution in [0.25, 0.3) is 0 Å². The first-order valence-electron chi connectivity index (χ1n) is 9.62. The van der Waals surface area contributed by atoms with Crippen LogP contribution in [0.3, 0.4) is 0 Å². The summed E-state index contributed by atoms with van der Waals surface area (Å²) in [6, 6.07) is 17.7. The molecule has 0 saturated heterocycles. The molecule has 2 N–H and O–H groups in total. The molecule has 0 heterocycles. The van der Waals surface area contributed by atoms with Gasteiger partial charge >= 0.3 is 0 Å². The van der Waals surface area contributed by atoms with Crippen LogP contribution >= 0.6 is 0 Å². The van der Waals surface area contributed by atoms with Crippen molar-refractivity contribution in [3.63, 3.8) is 0 Å². The van der Waals surface area contributed by atoms with Gasteiger partial charge in [0.25, 0.3) is 15.9 Å². The summed E-state index contributed by atoms with van der Waals surface area (Å²) in [5.74, 6) is -1.01. The van der Waals surface area contributed by atoms with Crippen molar-refractivity contribution in [1.29, 1.82) is 0 Å². The first-order valence-corrected chi connectivity index (χ1v) is 11.1. The standard InChI is InChI=1S/C23H21FN2O3S/c1-15-10-12-17(30(28,29)26-22-9-5-4-8-20(22)24)14-19(15)23(27)25-21-13-11-16-6-2-3-7-18(16)21/h2-10,12,14,21,26H,11,13H2,1H3,(H,25,27). The molecule has 0 aromatic heterocycles. The first kappa shape index (κ1) is 20.1. The average molecular weight is 424 g/mol. The number of fused-ring (bicyclic) bond motifs is 1. The SMILES string of the molecule is Cc1ccc(S(=O)(=O)Nc2ccccc2F)cc1C(=O)NC1CCc2ccccc21. The molecule has 1 unspecified atom stereocenters. The quantitative estimate of drug-likeness (QED) is 0.639. The van der Waals surface area contributed by atoms with Crippen LogP contribution in [-0.2, 0) is 16.4 Å². The van der Waals surface area contributed by atoms with Crippen molar-refractivity contribution in [2.24, 2.45) is 0 Å². The molecule has 5 nitrogen and oxygen atoms in total. The van der Waals surface area contributed by atoms with Crippen molar-refractivity contribution in [2.45, 2.75) is 30.7 Å². The Balaban J connectivity index is 1.59. The van der Waals surface area contributed by atoms with Crippen LogP contribution in [-0.4, -0.2) is 14.3 Å². The zero-order valence-corrected chi connectivity index (χ0v) is 17.2.